The van der Waals surface area contributed by atoms with Gasteiger partial charge in [-0.2, -0.15) is 0 Å². The summed E-state index contributed by atoms with van der Waals surface area (Å²) in [6.45, 7) is 4.01. The largest absolute Gasteiger partial charge is 0.494 e. The van der Waals surface area contributed by atoms with Crippen LogP contribution in [-0.2, 0) is 4.74 Å². The highest BCUT2D eigenvalue weighted by Crippen LogP contribution is 2.34. The van der Waals surface area contributed by atoms with Gasteiger partial charge in [-0.25, -0.2) is 0 Å². The van der Waals surface area contributed by atoms with Gasteiger partial charge in [-0.1, -0.05) is 31.5 Å². The quantitative estimate of drug-likeness (QED) is 0.212. The van der Waals surface area contributed by atoms with Crippen molar-refractivity contribution >= 4 is 28.8 Å². The topological polar surface area (TPSA) is 18.5 Å². The van der Waals surface area contributed by atoms with E-state index in [-0.39, 0.29) is 7.02 Å². The summed E-state index contributed by atoms with van der Waals surface area (Å²) in [7, 11) is 0.191. The molecule has 0 atom stereocenters. The van der Waals surface area contributed by atoms with E-state index in [1.807, 2.05) is 0 Å². The fraction of sp³-hybridized carbons (Fsp3) is 0.684. The van der Waals surface area contributed by atoms with Crippen molar-refractivity contribution in [3.05, 3.63) is 29.8 Å². The third-order valence-electron chi connectivity index (χ3n) is 4.67. The Morgan fingerprint density at radius 1 is 1.04 bits per heavy atom. The van der Waals surface area contributed by atoms with E-state index >= 15 is 0 Å². The average Bonchev–Trinajstić information content (AvgIpc) is 2.60. The molecular formula is C19H31IO2Si. The molecule has 0 unspecified atom stereocenters. The lowest BCUT2D eigenvalue weighted by molar-refractivity contribution is 0.0252. The first-order valence-corrected chi connectivity index (χ1v) is 15.3. The second-order valence-electron chi connectivity index (χ2n) is 6.51. The monoisotopic (exact) mass is 446 g/mol. The molecule has 1 saturated carbocycles. The van der Waals surface area contributed by atoms with E-state index in [4.69, 9.17) is 9.47 Å². The van der Waals surface area contributed by atoms with Gasteiger partial charge in [0.05, 0.1) is 19.7 Å². The third-order valence-corrected chi connectivity index (χ3v) is 7.73. The number of benzene rings is 1. The Balaban J connectivity index is 1.70. The molecule has 0 N–H and O–H groups in total. The van der Waals surface area contributed by atoms with Crippen LogP contribution in [0.5, 0.6) is 5.75 Å². The molecule has 0 radical (unpaired) electrons. The summed E-state index contributed by atoms with van der Waals surface area (Å²) in [5, 5.41) is 0. The minimum absolute atomic E-state index is 0.191. The van der Waals surface area contributed by atoms with Gasteiger partial charge in [-0.05, 0) is 62.1 Å². The molecular weight excluding hydrogens is 415 g/mol. The highest BCUT2D eigenvalue weighted by atomic mass is 127. The molecule has 0 aliphatic heterocycles. The standard InChI is InChI=1S/C19H31IO2Si/c1-2-3-13-21-18-9-5-16(6-10-18)17-7-11-19(12-8-17)22-14-4-15-23-20/h5-6,9-10,17,19H,2-4,7-8,11-15,23H2,1H3/t17-,19-. The summed E-state index contributed by atoms with van der Waals surface area (Å²) in [4.78, 5) is 0. The molecule has 4 heteroatoms. The average molecular weight is 446 g/mol. The van der Waals surface area contributed by atoms with Crippen molar-refractivity contribution in [2.45, 2.75) is 69.9 Å². The lowest BCUT2D eigenvalue weighted by atomic mass is 9.83. The van der Waals surface area contributed by atoms with Gasteiger partial charge >= 0.3 is 0 Å². The van der Waals surface area contributed by atoms with Gasteiger partial charge in [-0.15, -0.1) is 21.8 Å². The molecule has 1 aromatic rings. The Hall–Kier alpha value is -0.0731. The van der Waals surface area contributed by atoms with Crippen molar-refractivity contribution < 1.29 is 9.47 Å². The molecule has 0 spiro atoms. The molecule has 0 aromatic heterocycles. The highest BCUT2D eigenvalue weighted by Gasteiger charge is 2.22. The van der Waals surface area contributed by atoms with Crippen LogP contribution >= 0.6 is 21.8 Å². The summed E-state index contributed by atoms with van der Waals surface area (Å²) in [6, 6.07) is 10.2. The first-order valence-electron chi connectivity index (χ1n) is 9.23. The zero-order valence-electron chi connectivity index (χ0n) is 14.4. The van der Waals surface area contributed by atoms with E-state index in [9.17, 15) is 0 Å². The van der Waals surface area contributed by atoms with Gasteiger partial charge in [0.2, 0.25) is 0 Å². The first-order chi connectivity index (χ1) is 11.3. The van der Waals surface area contributed by atoms with Crippen LogP contribution in [0.15, 0.2) is 24.3 Å². The van der Waals surface area contributed by atoms with Crippen LogP contribution in [0.3, 0.4) is 0 Å². The third kappa shape index (κ3) is 7.14. The molecule has 0 saturated heterocycles. The molecule has 0 amide bonds. The van der Waals surface area contributed by atoms with E-state index < -0.39 is 0 Å². The van der Waals surface area contributed by atoms with Crippen molar-refractivity contribution in [1.82, 2.24) is 0 Å². The highest BCUT2D eigenvalue weighted by molar-refractivity contribution is 14.1. The van der Waals surface area contributed by atoms with Crippen molar-refractivity contribution in [3.63, 3.8) is 0 Å². The number of hydrogen-bond acceptors (Lipinski definition) is 2. The zero-order chi connectivity index (χ0) is 16.3. The second kappa shape index (κ2) is 11.5. The Kier molecular flexibility index (Phi) is 9.61. The van der Waals surface area contributed by atoms with E-state index in [0.29, 0.717) is 12.0 Å². The van der Waals surface area contributed by atoms with E-state index in [0.717, 1.165) is 25.4 Å². The normalized spacial score (nSPS) is 21.8. The second-order valence-corrected chi connectivity index (χ2v) is 10.8. The Morgan fingerprint density at radius 3 is 2.43 bits per heavy atom. The maximum atomic E-state index is 6.04. The number of halogens is 1. The van der Waals surface area contributed by atoms with Crippen molar-refractivity contribution in [1.29, 1.82) is 0 Å². The minimum atomic E-state index is 0.191. The van der Waals surface area contributed by atoms with Crippen LogP contribution in [0.2, 0.25) is 6.04 Å². The lowest BCUT2D eigenvalue weighted by Crippen LogP contribution is -2.21. The van der Waals surface area contributed by atoms with Crippen LogP contribution < -0.4 is 4.74 Å². The van der Waals surface area contributed by atoms with Gasteiger partial charge in [-0.3, -0.25) is 0 Å². The van der Waals surface area contributed by atoms with Crippen LogP contribution in [0.1, 0.15) is 63.4 Å². The van der Waals surface area contributed by atoms with Crippen LogP contribution in [0.4, 0.5) is 0 Å². The maximum absolute atomic E-state index is 6.04. The molecule has 0 heterocycles. The number of unbranched alkanes of at least 4 members (excludes halogenated alkanes) is 1. The number of rotatable bonds is 10. The maximum Gasteiger partial charge on any atom is 0.119 e. The molecule has 1 aliphatic rings. The first kappa shape index (κ1) is 19.3. The molecule has 0 bridgehead atoms. The smallest absolute Gasteiger partial charge is 0.119 e. The molecule has 2 rings (SSSR count). The Bertz CT molecular complexity index is 416. The van der Waals surface area contributed by atoms with E-state index in [1.54, 1.807) is 0 Å². The molecule has 130 valence electrons. The Labute approximate surface area is 156 Å². The zero-order valence-corrected chi connectivity index (χ0v) is 18.0. The number of ether oxygens (including phenoxy) is 2. The lowest BCUT2D eigenvalue weighted by Gasteiger charge is -2.29. The number of hydrogen-bond donors (Lipinski definition) is 0. The van der Waals surface area contributed by atoms with Gasteiger partial charge in [0.1, 0.15) is 5.75 Å². The molecule has 23 heavy (non-hydrogen) atoms. The molecule has 1 fully saturated rings. The van der Waals surface area contributed by atoms with Gasteiger partial charge < -0.3 is 9.47 Å². The van der Waals surface area contributed by atoms with Crippen molar-refractivity contribution in [3.8, 4) is 5.75 Å². The predicted octanol–water partition coefficient (Wildman–Crippen LogP) is 5.24. The van der Waals surface area contributed by atoms with Gasteiger partial charge in [0, 0.05) is 6.61 Å². The summed E-state index contributed by atoms with van der Waals surface area (Å²) in [5.74, 6) is 1.72. The Morgan fingerprint density at radius 2 is 1.78 bits per heavy atom. The summed E-state index contributed by atoms with van der Waals surface area (Å²) < 4.78 is 11.8. The summed E-state index contributed by atoms with van der Waals surface area (Å²) >= 11 is 2.58. The van der Waals surface area contributed by atoms with Crippen LogP contribution in [0.25, 0.3) is 0 Å². The van der Waals surface area contributed by atoms with Crippen LogP contribution in [-0.4, -0.2) is 26.3 Å². The van der Waals surface area contributed by atoms with E-state index in [1.165, 1.54) is 50.1 Å². The fourth-order valence-electron chi connectivity index (χ4n) is 3.18. The van der Waals surface area contributed by atoms with Gasteiger partial charge in [0.25, 0.3) is 0 Å². The van der Waals surface area contributed by atoms with Gasteiger partial charge in [0.15, 0.2) is 0 Å². The summed E-state index contributed by atoms with van der Waals surface area (Å²) in [5.41, 5.74) is 1.47. The van der Waals surface area contributed by atoms with Crippen LogP contribution in [0, 0.1) is 0 Å². The van der Waals surface area contributed by atoms with Crippen molar-refractivity contribution in [2.24, 2.45) is 0 Å². The minimum Gasteiger partial charge on any atom is -0.494 e. The van der Waals surface area contributed by atoms with Crippen molar-refractivity contribution in [2.75, 3.05) is 13.2 Å². The predicted molar refractivity (Wildman–Crippen MR) is 110 cm³/mol. The molecule has 1 aliphatic carbocycles. The summed E-state index contributed by atoms with van der Waals surface area (Å²) in [6.07, 6.45) is 9.08. The molecule has 1 aromatic carbocycles. The fourth-order valence-corrected chi connectivity index (χ4v) is 5.19. The SMILES string of the molecule is CCCCOc1ccc([C@H]2CC[C@H](OCCC[SiH2]I)CC2)cc1. The molecule has 2 nitrogen and oxygen atoms in total. The van der Waals surface area contributed by atoms with E-state index in [2.05, 4.69) is 53.0 Å².